The highest BCUT2D eigenvalue weighted by Crippen LogP contribution is 2.23. The molecule has 1 atom stereocenters. The average molecular weight is 809 g/mol. The molecule has 6 heteroatoms. The lowest BCUT2D eigenvalue weighted by Gasteiger charge is -2.16. The summed E-state index contributed by atoms with van der Waals surface area (Å²) < 4.78 is 23.5. The summed E-state index contributed by atoms with van der Waals surface area (Å²) in [4.78, 5) is 25.9. The van der Waals surface area contributed by atoms with E-state index in [0.29, 0.717) is 19.8 Å². The molecule has 57 heavy (non-hydrogen) atoms. The highest BCUT2D eigenvalue weighted by molar-refractivity contribution is 5.72. The first-order chi connectivity index (χ1) is 28.0. The summed E-state index contributed by atoms with van der Waals surface area (Å²) in [7, 11) is 0. The summed E-state index contributed by atoms with van der Waals surface area (Å²) in [5, 5.41) is 0. The Morgan fingerprint density at radius 1 is 0.351 bits per heavy atom. The Hall–Kier alpha value is -1.14. The molecule has 0 N–H and O–H groups in total. The standard InChI is InChI=1S/C51H100O6/c1-6-10-14-18-22-30-38-48(39-31-23-19-15-11-7-2)50(52)56-44-36-27-26-34-42-54-46-47(5)55-43-35-28-29-37-45-57-51(53)49(40-32-24-20-16-12-8-3)41-33-25-21-17-13-9-4/h47-49H,6-46H2,1-5H3. The second-order valence-corrected chi connectivity index (χ2v) is 17.5. The topological polar surface area (TPSA) is 71.1 Å². The van der Waals surface area contributed by atoms with E-state index >= 15 is 0 Å². The van der Waals surface area contributed by atoms with Gasteiger partial charge in [-0.3, -0.25) is 9.59 Å². The first-order valence-electron chi connectivity index (χ1n) is 25.5. The van der Waals surface area contributed by atoms with Crippen LogP contribution in [0.4, 0.5) is 0 Å². The minimum atomic E-state index is 0.0520. The summed E-state index contributed by atoms with van der Waals surface area (Å²) in [5.74, 6) is 0.286. The number of carbonyl (C=O) groups is 2. The van der Waals surface area contributed by atoms with Gasteiger partial charge in [-0.1, -0.05) is 195 Å². The van der Waals surface area contributed by atoms with Crippen molar-refractivity contribution in [2.45, 2.75) is 272 Å². The Balaban J connectivity index is 3.98. The van der Waals surface area contributed by atoms with Crippen LogP contribution in [0.2, 0.25) is 0 Å². The maximum atomic E-state index is 13.0. The van der Waals surface area contributed by atoms with Gasteiger partial charge >= 0.3 is 11.9 Å². The molecule has 0 saturated carbocycles. The van der Waals surface area contributed by atoms with Gasteiger partial charge in [0.15, 0.2) is 0 Å². The monoisotopic (exact) mass is 809 g/mol. The summed E-state index contributed by atoms with van der Waals surface area (Å²) in [5.41, 5.74) is 0. The largest absolute Gasteiger partial charge is 0.465 e. The normalized spacial score (nSPS) is 12.2. The molecule has 0 amide bonds. The molecule has 0 aliphatic rings. The predicted molar refractivity (Wildman–Crippen MR) is 244 cm³/mol. The Morgan fingerprint density at radius 2 is 0.632 bits per heavy atom. The molecule has 0 radical (unpaired) electrons. The molecule has 0 aliphatic heterocycles. The Bertz CT molecular complexity index is 786. The molecule has 0 aromatic rings. The van der Waals surface area contributed by atoms with Crippen molar-refractivity contribution < 1.29 is 28.5 Å². The molecular formula is C51H100O6. The van der Waals surface area contributed by atoms with E-state index in [1.165, 1.54) is 128 Å². The van der Waals surface area contributed by atoms with E-state index in [0.717, 1.165) is 116 Å². The van der Waals surface area contributed by atoms with Gasteiger partial charge in [0.1, 0.15) is 0 Å². The maximum absolute atomic E-state index is 13.0. The van der Waals surface area contributed by atoms with Crippen LogP contribution in [0.5, 0.6) is 0 Å². The number of hydrogen-bond donors (Lipinski definition) is 0. The minimum absolute atomic E-state index is 0.0520. The van der Waals surface area contributed by atoms with Crippen molar-refractivity contribution in [2.24, 2.45) is 11.8 Å². The Kier molecular flexibility index (Phi) is 45.0. The van der Waals surface area contributed by atoms with Crippen LogP contribution < -0.4 is 0 Å². The van der Waals surface area contributed by atoms with Gasteiger partial charge in [-0.05, 0) is 71.1 Å². The van der Waals surface area contributed by atoms with Gasteiger partial charge < -0.3 is 18.9 Å². The van der Waals surface area contributed by atoms with Crippen molar-refractivity contribution >= 4 is 11.9 Å². The number of esters is 2. The maximum Gasteiger partial charge on any atom is 0.308 e. The predicted octanol–water partition coefficient (Wildman–Crippen LogP) is 15.9. The lowest BCUT2D eigenvalue weighted by atomic mass is 9.94. The number of carbonyl (C=O) groups excluding carboxylic acids is 2. The fraction of sp³-hybridized carbons (Fsp3) is 0.961. The number of unbranched alkanes of at least 4 members (excludes halogenated alkanes) is 26. The third-order valence-electron chi connectivity index (χ3n) is 11.8. The number of rotatable bonds is 47. The molecule has 0 aliphatic carbocycles. The van der Waals surface area contributed by atoms with Crippen LogP contribution in [0.25, 0.3) is 0 Å². The zero-order chi connectivity index (χ0) is 41.7. The summed E-state index contributed by atoms with van der Waals surface area (Å²) >= 11 is 0. The Morgan fingerprint density at radius 3 is 0.982 bits per heavy atom. The summed E-state index contributed by atoms with van der Waals surface area (Å²) in [6, 6.07) is 0. The van der Waals surface area contributed by atoms with Crippen molar-refractivity contribution in [3.05, 3.63) is 0 Å². The van der Waals surface area contributed by atoms with Crippen molar-refractivity contribution in [2.75, 3.05) is 33.0 Å². The van der Waals surface area contributed by atoms with Crippen molar-refractivity contribution in [1.82, 2.24) is 0 Å². The molecule has 0 aromatic carbocycles. The highest BCUT2D eigenvalue weighted by Gasteiger charge is 2.20. The molecule has 0 rings (SSSR count). The smallest absolute Gasteiger partial charge is 0.308 e. The first kappa shape index (κ1) is 55.9. The minimum Gasteiger partial charge on any atom is -0.465 e. The van der Waals surface area contributed by atoms with E-state index in [2.05, 4.69) is 34.6 Å². The molecule has 0 spiro atoms. The van der Waals surface area contributed by atoms with Crippen LogP contribution in [0.1, 0.15) is 266 Å². The van der Waals surface area contributed by atoms with Crippen molar-refractivity contribution in [3.8, 4) is 0 Å². The molecule has 1 unspecified atom stereocenters. The molecule has 340 valence electrons. The average Bonchev–Trinajstić information content (AvgIpc) is 3.21. The zero-order valence-electron chi connectivity index (χ0n) is 39.2. The van der Waals surface area contributed by atoms with Gasteiger partial charge in [0.05, 0.1) is 37.8 Å². The van der Waals surface area contributed by atoms with Gasteiger partial charge in [0, 0.05) is 13.2 Å². The quantitative estimate of drug-likeness (QED) is 0.0450. The second kappa shape index (κ2) is 45.9. The van der Waals surface area contributed by atoms with Gasteiger partial charge in [0.2, 0.25) is 0 Å². The molecular weight excluding hydrogens is 709 g/mol. The molecule has 0 saturated heterocycles. The van der Waals surface area contributed by atoms with E-state index in [-0.39, 0.29) is 29.9 Å². The molecule has 0 heterocycles. The second-order valence-electron chi connectivity index (χ2n) is 17.5. The summed E-state index contributed by atoms with van der Waals surface area (Å²) in [6.07, 6.45) is 42.8. The van der Waals surface area contributed by atoms with Crippen LogP contribution in [-0.2, 0) is 28.5 Å². The third-order valence-corrected chi connectivity index (χ3v) is 11.8. The number of hydrogen-bond acceptors (Lipinski definition) is 6. The molecule has 0 aromatic heterocycles. The molecule has 0 fully saturated rings. The van der Waals surface area contributed by atoms with Crippen LogP contribution in [0.3, 0.4) is 0 Å². The molecule has 0 bridgehead atoms. The lowest BCUT2D eigenvalue weighted by Crippen LogP contribution is -2.19. The summed E-state index contributed by atoms with van der Waals surface area (Å²) in [6.45, 7) is 14.4. The van der Waals surface area contributed by atoms with E-state index in [9.17, 15) is 9.59 Å². The van der Waals surface area contributed by atoms with E-state index in [1.54, 1.807) is 0 Å². The van der Waals surface area contributed by atoms with Crippen LogP contribution >= 0.6 is 0 Å². The zero-order valence-corrected chi connectivity index (χ0v) is 39.2. The number of ether oxygens (including phenoxy) is 4. The van der Waals surface area contributed by atoms with Gasteiger partial charge in [0.25, 0.3) is 0 Å². The van der Waals surface area contributed by atoms with Crippen LogP contribution in [-0.4, -0.2) is 51.1 Å². The fourth-order valence-corrected chi connectivity index (χ4v) is 7.82. The van der Waals surface area contributed by atoms with E-state index in [1.807, 2.05) is 0 Å². The van der Waals surface area contributed by atoms with Crippen LogP contribution in [0.15, 0.2) is 0 Å². The van der Waals surface area contributed by atoms with Crippen molar-refractivity contribution in [3.63, 3.8) is 0 Å². The van der Waals surface area contributed by atoms with Crippen LogP contribution in [0, 0.1) is 11.8 Å². The first-order valence-corrected chi connectivity index (χ1v) is 25.5. The van der Waals surface area contributed by atoms with E-state index in [4.69, 9.17) is 18.9 Å². The van der Waals surface area contributed by atoms with Gasteiger partial charge in [-0.2, -0.15) is 0 Å². The fourth-order valence-electron chi connectivity index (χ4n) is 7.82. The Labute approximate surface area is 356 Å². The third kappa shape index (κ3) is 40.1. The van der Waals surface area contributed by atoms with Gasteiger partial charge in [-0.15, -0.1) is 0 Å². The van der Waals surface area contributed by atoms with Crippen molar-refractivity contribution in [1.29, 1.82) is 0 Å². The van der Waals surface area contributed by atoms with E-state index < -0.39 is 0 Å². The highest BCUT2D eigenvalue weighted by atomic mass is 16.5. The SMILES string of the molecule is CCCCCCCCC(CCCCCCCC)C(=O)OCCCCCCOCC(C)OCCCCCCOC(=O)C(CCCCCCCC)CCCCCCCC. The lowest BCUT2D eigenvalue weighted by molar-refractivity contribution is -0.150. The molecule has 6 nitrogen and oxygen atoms in total. The van der Waals surface area contributed by atoms with Gasteiger partial charge in [-0.25, -0.2) is 0 Å².